The first-order chi connectivity index (χ1) is 10.9. The lowest BCUT2D eigenvalue weighted by Crippen LogP contribution is -2.47. The van der Waals surface area contributed by atoms with E-state index in [1.54, 1.807) is 0 Å². The predicted molar refractivity (Wildman–Crippen MR) is 94.7 cm³/mol. The molecule has 0 spiro atoms. The van der Waals surface area contributed by atoms with Crippen molar-refractivity contribution >= 4 is 21.4 Å². The number of rotatable bonds is 4. The average molecular weight is 315 g/mol. The molecule has 0 amide bonds. The van der Waals surface area contributed by atoms with Crippen LogP contribution in [0.4, 0.5) is 0 Å². The van der Waals surface area contributed by atoms with Crippen LogP contribution < -0.4 is 10.6 Å². The van der Waals surface area contributed by atoms with Gasteiger partial charge in [0.2, 0.25) is 0 Å². The molecule has 1 aromatic heterocycles. The number of nitrogens with zero attached hydrogens (tertiary/aromatic N) is 1. The Morgan fingerprint density at radius 3 is 3.14 bits per heavy atom. The number of hydrogen-bond acceptors (Lipinski definition) is 4. The van der Waals surface area contributed by atoms with Crippen LogP contribution in [0.3, 0.4) is 0 Å². The first kappa shape index (κ1) is 14.6. The molecule has 0 radical (unpaired) electrons. The smallest absolute Gasteiger partial charge is 0.0479 e. The number of benzene rings is 1. The Hall–Kier alpha value is -0.940. The molecule has 2 saturated heterocycles. The Morgan fingerprint density at radius 1 is 1.23 bits per heavy atom. The van der Waals surface area contributed by atoms with E-state index in [1.807, 2.05) is 11.3 Å². The Balaban J connectivity index is 1.53. The average Bonchev–Trinajstić information content (AvgIpc) is 3.24. The third-order valence-corrected chi connectivity index (χ3v) is 6.05. The molecule has 2 aliphatic rings. The zero-order chi connectivity index (χ0) is 14.8. The molecule has 0 aliphatic carbocycles. The van der Waals surface area contributed by atoms with Crippen molar-refractivity contribution in [2.45, 2.75) is 31.3 Å². The van der Waals surface area contributed by atoms with Crippen LogP contribution in [0.25, 0.3) is 10.1 Å². The molecule has 2 fully saturated rings. The zero-order valence-corrected chi connectivity index (χ0v) is 13.9. The van der Waals surface area contributed by atoms with E-state index >= 15 is 0 Å². The molecule has 3 heterocycles. The molecule has 2 aliphatic heterocycles. The topological polar surface area (TPSA) is 27.3 Å². The van der Waals surface area contributed by atoms with Crippen LogP contribution >= 0.6 is 11.3 Å². The second-order valence-corrected chi connectivity index (χ2v) is 7.47. The van der Waals surface area contributed by atoms with Crippen molar-refractivity contribution < 1.29 is 0 Å². The van der Waals surface area contributed by atoms with Crippen molar-refractivity contribution in [2.24, 2.45) is 0 Å². The van der Waals surface area contributed by atoms with Crippen LogP contribution in [0, 0.1) is 0 Å². The fourth-order valence-electron chi connectivity index (χ4n) is 3.95. The van der Waals surface area contributed by atoms with Crippen molar-refractivity contribution in [3.8, 4) is 0 Å². The van der Waals surface area contributed by atoms with Crippen LogP contribution in [0.5, 0.6) is 0 Å². The van der Waals surface area contributed by atoms with Crippen LogP contribution in [0.15, 0.2) is 29.6 Å². The minimum atomic E-state index is 0.522. The highest BCUT2D eigenvalue weighted by Crippen LogP contribution is 2.32. The Labute approximate surface area is 136 Å². The van der Waals surface area contributed by atoms with Crippen molar-refractivity contribution in [1.29, 1.82) is 0 Å². The Morgan fingerprint density at radius 2 is 2.23 bits per heavy atom. The van der Waals surface area contributed by atoms with Crippen LogP contribution in [-0.4, -0.2) is 43.7 Å². The zero-order valence-electron chi connectivity index (χ0n) is 13.1. The summed E-state index contributed by atoms with van der Waals surface area (Å²) in [5.41, 5.74) is 1.50. The lowest BCUT2D eigenvalue weighted by molar-refractivity contribution is 0.156. The highest BCUT2D eigenvalue weighted by Gasteiger charge is 2.26. The van der Waals surface area contributed by atoms with Gasteiger partial charge in [0.05, 0.1) is 0 Å². The van der Waals surface area contributed by atoms with E-state index in [4.69, 9.17) is 0 Å². The summed E-state index contributed by atoms with van der Waals surface area (Å²) in [6.45, 7) is 5.79. The van der Waals surface area contributed by atoms with Crippen LogP contribution in [0.1, 0.15) is 30.9 Å². The number of fused-ring (bicyclic) bond motifs is 1. The molecule has 0 saturated carbocycles. The van der Waals surface area contributed by atoms with E-state index in [1.165, 1.54) is 48.0 Å². The van der Waals surface area contributed by atoms with Crippen molar-refractivity contribution in [1.82, 2.24) is 15.5 Å². The molecule has 2 aromatic rings. The maximum atomic E-state index is 3.64. The standard InChI is InChI=1S/C18H25N3S/c1-4-15(16-7-12-22-18(16)5-1)17-13-19-9-11-21(17)10-6-14-3-2-8-20-14/h1,4-5,7,12,14,17,19-20H,2-3,6,8-11,13H2/t14-,17?/m1/s1. The summed E-state index contributed by atoms with van der Waals surface area (Å²) in [4.78, 5) is 2.70. The van der Waals surface area contributed by atoms with E-state index in [2.05, 4.69) is 45.2 Å². The summed E-state index contributed by atoms with van der Waals surface area (Å²) in [5, 5.41) is 10.9. The third-order valence-electron chi connectivity index (χ3n) is 5.17. The molecule has 2 N–H and O–H groups in total. The summed E-state index contributed by atoms with van der Waals surface area (Å²) >= 11 is 1.85. The third kappa shape index (κ3) is 2.93. The first-order valence-corrected chi connectivity index (χ1v) is 9.44. The molecular formula is C18H25N3S. The van der Waals surface area contributed by atoms with Crippen molar-refractivity contribution in [3.05, 3.63) is 35.2 Å². The van der Waals surface area contributed by atoms with E-state index in [-0.39, 0.29) is 0 Å². The number of piperazine rings is 1. The molecular weight excluding hydrogens is 290 g/mol. The maximum Gasteiger partial charge on any atom is 0.0479 e. The molecule has 22 heavy (non-hydrogen) atoms. The Kier molecular flexibility index (Phi) is 4.44. The maximum absolute atomic E-state index is 3.64. The molecule has 2 atom stereocenters. The van der Waals surface area contributed by atoms with Gasteiger partial charge in [-0.1, -0.05) is 12.1 Å². The van der Waals surface area contributed by atoms with Gasteiger partial charge in [-0.2, -0.15) is 0 Å². The van der Waals surface area contributed by atoms with Gasteiger partial charge in [-0.15, -0.1) is 11.3 Å². The highest BCUT2D eigenvalue weighted by atomic mass is 32.1. The van der Waals surface area contributed by atoms with Gasteiger partial charge in [0, 0.05) is 43.0 Å². The van der Waals surface area contributed by atoms with Gasteiger partial charge in [-0.05, 0) is 54.3 Å². The summed E-state index contributed by atoms with van der Waals surface area (Å²) in [7, 11) is 0. The van der Waals surface area contributed by atoms with Crippen molar-refractivity contribution in [3.63, 3.8) is 0 Å². The molecule has 0 bridgehead atoms. The van der Waals surface area contributed by atoms with Gasteiger partial charge in [-0.25, -0.2) is 0 Å². The lowest BCUT2D eigenvalue weighted by Gasteiger charge is -2.37. The summed E-state index contributed by atoms with van der Waals surface area (Å²) in [6.07, 6.45) is 4.00. The van der Waals surface area contributed by atoms with E-state index < -0.39 is 0 Å². The minimum absolute atomic E-state index is 0.522. The molecule has 4 heteroatoms. The molecule has 1 unspecified atom stereocenters. The summed E-state index contributed by atoms with van der Waals surface area (Å²) < 4.78 is 1.42. The molecule has 3 nitrogen and oxygen atoms in total. The van der Waals surface area contributed by atoms with Gasteiger partial charge in [0.25, 0.3) is 0 Å². The summed E-state index contributed by atoms with van der Waals surface area (Å²) in [6, 6.07) is 10.3. The predicted octanol–water partition coefficient (Wildman–Crippen LogP) is 2.99. The molecule has 1 aromatic carbocycles. The first-order valence-electron chi connectivity index (χ1n) is 8.56. The van der Waals surface area contributed by atoms with E-state index in [0.29, 0.717) is 6.04 Å². The largest absolute Gasteiger partial charge is 0.314 e. The second kappa shape index (κ2) is 6.67. The quantitative estimate of drug-likeness (QED) is 0.908. The van der Waals surface area contributed by atoms with Gasteiger partial charge < -0.3 is 10.6 Å². The SMILES string of the molecule is c1cc(C2CNCCN2CC[C@H]2CCCN2)c2ccsc2c1. The van der Waals surface area contributed by atoms with Gasteiger partial charge in [0.15, 0.2) is 0 Å². The second-order valence-electron chi connectivity index (χ2n) is 6.52. The fourth-order valence-corrected chi connectivity index (χ4v) is 4.77. The molecule has 4 rings (SSSR count). The number of hydrogen-bond donors (Lipinski definition) is 2. The number of thiophene rings is 1. The van der Waals surface area contributed by atoms with Crippen molar-refractivity contribution in [2.75, 3.05) is 32.7 Å². The van der Waals surface area contributed by atoms with Gasteiger partial charge >= 0.3 is 0 Å². The fraction of sp³-hybridized carbons (Fsp3) is 0.556. The Bertz CT molecular complexity index is 618. The van der Waals surface area contributed by atoms with E-state index in [9.17, 15) is 0 Å². The van der Waals surface area contributed by atoms with Crippen LogP contribution in [-0.2, 0) is 0 Å². The minimum Gasteiger partial charge on any atom is -0.314 e. The van der Waals surface area contributed by atoms with Gasteiger partial charge in [0.1, 0.15) is 0 Å². The molecule has 118 valence electrons. The van der Waals surface area contributed by atoms with E-state index in [0.717, 1.165) is 25.7 Å². The van der Waals surface area contributed by atoms with Gasteiger partial charge in [-0.3, -0.25) is 4.90 Å². The highest BCUT2D eigenvalue weighted by molar-refractivity contribution is 7.17. The number of nitrogens with one attached hydrogen (secondary N) is 2. The lowest BCUT2D eigenvalue weighted by atomic mass is 9.99. The monoisotopic (exact) mass is 315 g/mol. The summed E-state index contributed by atoms with van der Waals surface area (Å²) in [5.74, 6) is 0. The van der Waals surface area contributed by atoms with Crippen LogP contribution in [0.2, 0.25) is 0 Å². The normalized spacial score (nSPS) is 26.7.